The normalized spacial score (nSPS) is 10.9. The van der Waals surface area contributed by atoms with E-state index in [-0.39, 0.29) is 40.2 Å². The average molecular weight is 1990 g/mol. The molecule has 0 fully saturated rings. The molecule has 11 nitrogen and oxygen atoms in total. The minimum absolute atomic E-state index is 0. The number of fused-ring (bicyclic) bond motifs is 1. The molecule has 0 amide bonds. The summed E-state index contributed by atoms with van der Waals surface area (Å²) in [5, 5.41) is 21.1. The van der Waals surface area contributed by atoms with E-state index in [0.29, 0.717) is 0 Å². The monoisotopic (exact) mass is 1990 g/mol. The Bertz CT molecular complexity index is 6380. The van der Waals surface area contributed by atoms with Crippen LogP contribution in [0.2, 0.25) is 0 Å². The van der Waals surface area contributed by atoms with Crippen molar-refractivity contribution in [2.24, 2.45) is 0 Å². The standard InChI is InChI=1S/2C21H15N2.C20H16N2.2C17H15N2.C15H10NS.2Ir/c2*1-3-7-17(8-4-1)18-11-13-19(14-12-18)20-15-22-23(16-20)21-9-5-2-6-10-21;1-21-15-22(20-13-6-5-12-19(20)21)18-11-7-10-17(14-18)16-8-3-2-4-9-16;2*1-13-17(15-9-5-3-6-10-15)14(2)19(18-13)16-11-7-4-8-12-16;1-2-5-12(6-3-1)13-7-4-8-14(11-13)15-16-9-10-17-15;;/h2*1-9,11-16H;2-10,12-15H,1H3;2*3-11H,1-2H3;1-7,9-11H;;/q2*-1;-2;3*-1;;+3. The van der Waals surface area contributed by atoms with Crippen molar-refractivity contribution >= 4 is 28.4 Å². The van der Waals surface area contributed by atoms with Crippen LogP contribution in [-0.4, -0.2) is 51.2 Å². The smallest absolute Gasteiger partial charge is 0.504 e. The number of nitrogens with zero attached hydrogens (tertiary/aromatic N) is 11. The van der Waals surface area contributed by atoms with Crippen LogP contribution in [-0.2, 0) is 40.2 Å². The van der Waals surface area contributed by atoms with Crippen molar-refractivity contribution in [2.45, 2.75) is 27.7 Å². The van der Waals surface area contributed by atoms with Gasteiger partial charge in [-0.3, -0.25) is 23.7 Å². The third kappa shape index (κ3) is 21.8. The Morgan fingerprint density at radius 2 is 0.632 bits per heavy atom. The SMILES string of the molecule is CN1[CH-]N(c2[c-]ccc(-c3ccccc3)c2)c2ccccc21.Cc1nn(-c2[c-]cccc2)c(C)c1-c1ccccc1.Cc1nn(-c2[c-]cccc2)c(C)c1-c1ccccc1.[Ir+3].[Ir].[c-]1ccc(-c2ccccc2)cc1-c1nccs1.[c-]1ccccc1-n1cc(-c2ccc(-c3ccccc3)cc2)cn1.[c-]1ccccc1-n1cc(-c2ccc(-c3ccccc3)cc2)cn1. The van der Waals surface area contributed by atoms with E-state index < -0.39 is 0 Å². The second-order valence-electron chi connectivity index (χ2n) is 29.0. The van der Waals surface area contributed by atoms with Gasteiger partial charge in [-0.05, 0) is 125 Å². The summed E-state index contributed by atoms with van der Waals surface area (Å²) >= 11 is 1.64. The second-order valence-corrected chi connectivity index (χ2v) is 29.9. The molecule has 0 saturated heterocycles. The van der Waals surface area contributed by atoms with Crippen molar-refractivity contribution in [3.8, 4) is 122 Å². The quantitative estimate of drug-likeness (QED) is 0.100. The molecule has 6 heterocycles. The minimum atomic E-state index is 0. The summed E-state index contributed by atoms with van der Waals surface area (Å²) in [5.41, 5.74) is 31.8. The van der Waals surface area contributed by atoms with Crippen LogP contribution < -0.4 is 9.80 Å². The van der Waals surface area contributed by atoms with Gasteiger partial charge in [0.05, 0.1) is 23.8 Å². The van der Waals surface area contributed by atoms with Gasteiger partial charge in [0.15, 0.2) is 0 Å². The second kappa shape index (κ2) is 42.9. The molecular formula is C111H86Ir2N11S-4. The van der Waals surface area contributed by atoms with Gasteiger partial charge in [-0.15, -0.1) is 77.0 Å². The molecule has 0 aliphatic carbocycles. The van der Waals surface area contributed by atoms with Crippen molar-refractivity contribution in [1.82, 2.24) is 44.1 Å². The average Bonchev–Trinajstić information content (AvgIpc) is 1.65. The van der Waals surface area contributed by atoms with Crippen molar-refractivity contribution in [3.63, 3.8) is 0 Å². The molecule has 21 rings (SSSR count). The molecule has 15 aromatic carbocycles. The topological polar surface area (TPSA) is 90.6 Å². The largest absolute Gasteiger partial charge is 3.00 e. The third-order valence-electron chi connectivity index (χ3n) is 20.8. The summed E-state index contributed by atoms with van der Waals surface area (Å²) in [6.07, 6.45) is 9.66. The van der Waals surface area contributed by atoms with Crippen LogP contribution in [0.15, 0.2) is 425 Å². The van der Waals surface area contributed by atoms with E-state index in [4.69, 9.17) is 0 Å². The van der Waals surface area contributed by atoms with Crippen molar-refractivity contribution in [3.05, 3.63) is 490 Å². The first-order valence-electron chi connectivity index (χ1n) is 40.6. The fourth-order valence-corrected chi connectivity index (χ4v) is 15.3. The molecule has 0 bridgehead atoms. The maximum Gasteiger partial charge on any atom is 3.00 e. The number of anilines is 3. The number of rotatable bonds is 14. The fourth-order valence-electron chi connectivity index (χ4n) is 14.7. The molecule has 613 valence electrons. The van der Waals surface area contributed by atoms with Gasteiger partial charge in [0.25, 0.3) is 0 Å². The van der Waals surface area contributed by atoms with Gasteiger partial charge in [0, 0.05) is 94.1 Å². The van der Waals surface area contributed by atoms with Crippen LogP contribution in [0.1, 0.15) is 22.8 Å². The zero-order chi connectivity index (χ0) is 83.9. The van der Waals surface area contributed by atoms with Gasteiger partial charge in [-0.25, -0.2) is 0 Å². The van der Waals surface area contributed by atoms with Crippen molar-refractivity contribution in [2.75, 3.05) is 16.8 Å². The Balaban J connectivity index is 0.000000122. The van der Waals surface area contributed by atoms with Crippen molar-refractivity contribution in [1.29, 1.82) is 0 Å². The molecule has 1 radical (unpaired) electrons. The zero-order valence-corrected chi connectivity index (χ0v) is 75.1. The molecule has 14 heteroatoms. The molecule has 1 aliphatic heterocycles. The van der Waals surface area contributed by atoms with Gasteiger partial charge >= 0.3 is 20.1 Å². The summed E-state index contributed by atoms with van der Waals surface area (Å²) in [6.45, 7) is 10.4. The predicted molar refractivity (Wildman–Crippen MR) is 505 cm³/mol. The predicted octanol–water partition coefficient (Wildman–Crippen LogP) is 27.1. The Labute approximate surface area is 763 Å². The molecule has 20 aromatic rings. The summed E-state index contributed by atoms with van der Waals surface area (Å²) in [6, 6.07) is 151. The van der Waals surface area contributed by atoms with Crippen LogP contribution in [0.4, 0.5) is 17.1 Å². The molecule has 1 aliphatic rings. The maximum atomic E-state index is 4.64. The summed E-state index contributed by atoms with van der Waals surface area (Å²) in [7, 11) is 2.07. The van der Waals surface area contributed by atoms with Crippen LogP contribution in [0.3, 0.4) is 0 Å². The Morgan fingerprint density at radius 1 is 0.304 bits per heavy atom. The van der Waals surface area contributed by atoms with Gasteiger partial charge in [0.2, 0.25) is 0 Å². The Morgan fingerprint density at radius 3 is 1.02 bits per heavy atom. The first kappa shape index (κ1) is 87.0. The van der Waals surface area contributed by atoms with E-state index in [1.54, 1.807) is 11.3 Å². The summed E-state index contributed by atoms with van der Waals surface area (Å²) < 4.78 is 7.61. The molecular weight excluding hydrogens is 1900 g/mol. The van der Waals surface area contributed by atoms with E-state index in [0.717, 1.165) is 84.0 Å². The Kier molecular flexibility index (Phi) is 29.9. The summed E-state index contributed by atoms with van der Waals surface area (Å²) in [4.78, 5) is 8.63. The number of thiazole rings is 1. The first-order valence-corrected chi connectivity index (χ1v) is 41.5. The van der Waals surface area contributed by atoms with Crippen molar-refractivity contribution < 1.29 is 40.2 Å². The molecule has 0 unspecified atom stereocenters. The number of hydrogen-bond donors (Lipinski definition) is 0. The molecule has 125 heavy (non-hydrogen) atoms. The molecule has 0 saturated carbocycles. The van der Waals surface area contributed by atoms with Crippen LogP contribution >= 0.6 is 11.3 Å². The Hall–Kier alpha value is -14.3. The first-order chi connectivity index (χ1) is 60.6. The van der Waals surface area contributed by atoms with Gasteiger partial charge in [-0.1, -0.05) is 243 Å². The van der Waals surface area contributed by atoms with E-state index >= 15 is 0 Å². The number of hydrogen-bond acceptors (Lipinski definition) is 8. The van der Waals surface area contributed by atoms with E-state index in [2.05, 4.69) is 356 Å². The van der Waals surface area contributed by atoms with Gasteiger partial charge in [-0.2, -0.15) is 154 Å². The molecule has 0 N–H and O–H groups in total. The zero-order valence-electron chi connectivity index (χ0n) is 69.5. The van der Waals surface area contributed by atoms with E-state index in [9.17, 15) is 0 Å². The van der Waals surface area contributed by atoms with E-state index in [1.807, 2.05) is 201 Å². The van der Waals surface area contributed by atoms with Gasteiger partial charge < -0.3 is 9.80 Å². The number of benzene rings is 15. The van der Waals surface area contributed by atoms with Crippen LogP contribution in [0.25, 0.3) is 122 Å². The molecule has 5 aromatic heterocycles. The number of aryl methyl sites for hydroxylation is 2. The van der Waals surface area contributed by atoms with Crippen LogP contribution in [0.5, 0.6) is 0 Å². The molecule has 0 spiro atoms. The number of para-hydroxylation sites is 6. The third-order valence-corrected chi connectivity index (χ3v) is 21.6. The van der Waals surface area contributed by atoms with Gasteiger partial charge in [0.1, 0.15) is 0 Å². The number of aromatic nitrogens is 9. The molecule has 0 atom stereocenters. The van der Waals surface area contributed by atoms with E-state index in [1.165, 1.54) is 78.1 Å². The summed E-state index contributed by atoms with van der Waals surface area (Å²) in [5.74, 6) is 0. The minimum Gasteiger partial charge on any atom is -0.504 e. The maximum absolute atomic E-state index is 4.64. The fraction of sp³-hybridized carbons (Fsp3) is 0.0450. The van der Waals surface area contributed by atoms with Crippen LogP contribution in [0, 0.1) is 70.8 Å².